The Hall–Kier alpha value is -1.69. The first-order valence-corrected chi connectivity index (χ1v) is 8.40. The van der Waals surface area contributed by atoms with Gasteiger partial charge in [0.05, 0.1) is 16.0 Å². The predicted molar refractivity (Wildman–Crippen MR) is 81.6 cm³/mol. The van der Waals surface area contributed by atoms with E-state index in [0.717, 1.165) is 5.56 Å². The second kappa shape index (κ2) is 5.60. The van der Waals surface area contributed by atoms with Crippen molar-refractivity contribution in [3.8, 4) is 0 Å². The van der Waals surface area contributed by atoms with Crippen LogP contribution >= 0.6 is 0 Å². The van der Waals surface area contributed by atoms with Gasteiger partial charge >= 0.3 is 0 Å². The maximum Gasteiger partial charge on any atom is 0.276 e. The second-order valence-corrected chi connectivity index (χ2v) is 7.53. The zero-order valence-electron chi connectivity index (χ0n) is 12.5. The molecular weight excluding hydrogens is 288 g/mol. The number of carbonyl (C=O) groups excluding carboxylic acids is 1. The molecule has 0 saturated heterocycles. The number of hydrogen-bond acceptors (Lipinski definition) is 4. The number of nitrogens with one attached hydrogen (secondary N) is 1. The van der Waals surface area contributed by atoms with Crippen LogP contribution in [0, 0.1) is 12.3 Å². The van der Waals surface area contributed by atoms with E-state index in [-0.39, 0.29) is 10.7 Å². The number of hydrogen-bond donors (Lipinski definition) is 1. The lowest BCUT2D eigenvalue weighted by Crippen LogP contribution is -2.38. The molecular formula is C15H20N2O3S. The molecule has 0 amide bonds. The Balaban J connectivity index is 2.23. The van der Waals surface area contributed by atoms with Gasteiger partial charge in [0, 0.05) is 6.42 Å². The molecule has 1 fully saturated rings. The van der Waals surface area contributed by atoms with Crippen LogP contribution in [-0.2, 0) is 14.8 Å². The fourth-order valence-corrected chi connectivity index (χ4v) is 3.11. The highest BCUT2D eigenvalue weighted by Gasteiger charge is 2.36. The fraction of sp³-hybridized carbons (Fsp3) is 0.467. The average molecular weight is 308 g/mol. The van der Waals surface area contributed by atoms with Gasteiger partial charge in [0.2, 0.25) is 0 Å². The van der Waals surface area contributed by atoms with Crippen molar-refractivity contribution in [3.05, 3.63) is 29.8 Å². The van der Waals surface area contributed by atoms with Crippen LogP contribution in [0.25, 0.3) is 0 Å². The zero-order valence-corrected chi connectivity index (χ0v) is 13.3. The van der Waals surface area contributed by atoms with Crippen molar-refractivity contribution in [1.82, 2.24) is 4.83 Å². The molecule has 0 bridgehead atoms. The highest BCUT2D eigenvalue weighted by molar-refractivity contribution is 7.89. The molecule has 1 aromatic rings. The summed E-state index contributed by atoms with van der Waals surface area (Å²) >= 11 is 0. The lowest BCUT2D eigenvalue weighted by Gasteiger charge is -2.29. The maximum absolute atomic E-state index is 12.2. The molecule has 1 aliphatic carbocycles. The number of nitrogens with zero attached hydrogens (tertiary/aromatic N) is 1. The topological polar surface area (TPSA) is 75.6 Å². The van der Waals surface area contributed by atoms with Gasteiger partial charge in [-0.05, 0) is 45.7 Å². The first-order chi connectivity index (χ1) is 9.73. The van der Waals surface area contributed by atoms with Crippen molar-refractivity contribution >= 4 is 21.5 Å². The van der Waals surface area contributed by atoms with Crippen molar-refractivity contribution in [2.24, 2.45) is 10.5 Å². The van der Waals surface area contributed by atoms with Gasteiger partial charge in [-0.3, -0.25) is 4.79 Å². The molecule has 21 heavy (non-hydrogen) atoms. The minimum atomic E-state index is -3.69. The number of benzene rings is 1. The Morgan fingerprint density at radius 3 is 2.38 bits per heavy atom. The third kappa shape index (κ3) is 3.32. The molecule has 0 radical (unpaired) electrons. The van der Waals surface area contributed by atoms with Gasteiger partial charge in [-0.1, -0.05) is 17.7 Å². The van der Waals surface area contributed by atoms with E-state index in [2.05, 4.69) is 9.93 Å². The molecule has 6 heteroatoms. The van der Waals surface area contributed by atoms with E-state index in [1.54, 1.807) is 26.0 Å². The molecule has 0 spiro atoms. The zero-order chi connectivity index (χ0) is 15.7. The predicted octanol–water partition coefficient (Wildman–Crippen LogP) is 2.41. The van der Waals surface area contributed by atoms with Crippen LogP contribution in [0.15, 0.2) is 34.3 Å². The number of rotatable bonds is 3. The summed E-state index contributed by atoms with van der Waals surface area (Å²) < 4.78 is 24.4. The molecule has 1 aliphatic rings. The average Bonchev–Trinajstić information content (AvgIpc) is 2.41. The third-order valence-electron chi connectivity index (χ3n) is 3.87. The minimum Gasteiger partial charge on any atom is -0.299 e. The Bertz CT molecular complexity index is 673. The minimum absolute atomic E-state index is 0.0991. The summed E-state index contributed by atoms with van der Waals surface area (Å²) in [7, 11) is -3.69. The van der Waals surface area contributed by atoms with Crippen molar-refractivity contribution in [2.75, 3.05) is 0 Å². The molecule has 1 aromatic carbocycles. The molecule has 0 heterocycles. The number of Topliss-reactive ketones (excluding diaryl/α,β-unsaturated/α-hetero) is 1. The summed E-state index contributed by atoms with van der Waals surface area (Å²) in [4.78, 5) is 14.3. The third-order valence-corrected chi connectivity index (χ3v) is 5.09. The van der Waals surface area contributed by atoms with Gasteiger partial charge in [-0.2, -0.15) is 13.5 Å². The second-order valence-electron chi connectivity index (χ2n) is 5.87. The van der Waals surface area contributed by atoms with E-state index < -0.39 is 15.4 Å². The molecule has 1 saturated carbocycles. The van der Waals surface area contributed by atoms with E-state index in [0.29, 0.717) is 25.0 Å². The molecule has 0 aliphatic heterocycles. The summed E-state index contributed by atoms with van der Waals surface area (Å²) in [5.41, 5.74) is 0.877. The first kappa shape index (κ1) is 15.7. The molecule has 1 N–H and O–H groups in total. The fourth-order valence-electron chi connectivity index (χ4n) is 2.28. The van der Waals surface area contributed by atoms with Gasteiger partial charge in [0.25, 0.3) is 10.0 Å². The number of ketones is 1. The Labute approximate surface area is 125 Å². The SMILES string of the molecule is Cc1ccc(S(=O)(=O)N/N=C2/CCCC(=O)C2(C)C)cc1. The summed E-state index contributed by atoms with van der Waals surface area (Å²) in [6.45, 7) is 5.46. The van der Waals surface area contributed by atoms with E-state index in [1.165, 1.54) is 12.1 Å². The van der Waals surface area contributed by atoms with Crippen LogP contribution in [0.3, 0.4) is 0 Å². The molecule has 2 rings (SSSR count). The van der Waals surface area contributed by atoms with Gasteiger partial charge in [-0.25, -0.2) is 4.83 Å². The number of carbonyl (C=O) groups is 1. The van der Waals surface area contributed by atoms with Crippen LogP contribution in [-0.4, -0.2) is 19.9 Å². The van der Waals surface area contributed by atoms with Crippen LogP contribution < -0.4 is 4.83 Å². The van der Waals surface area contributed by atoms with Gasteiger partial charge in [-0.15, -0.1) is 0 Å². The van der Waals surface area contributed by atoms with E-state index in [9.17, 15) is 13.2 Å². The first-order valence-electron chi connectivity index (χ1n) is 6.92. The lowest BCUT2D eigenvalue weighted by atomic mass is 9.74. The van der Waals surface area contributed by atoms with Crippen molar-refractivity contribution in [1.29, 1.82) is 0 Å². The quantitative estimate of drug-likeness (QED) is 0.871. The summed E-state index contributed by atoms with van der Waals surface area (Å²) in [5, 5.41) is 4.01. The van der Waals surface area contributed by atoms with Crippen LogP contribution in [0.2, 0.25) is 0 Å². The van der Waals surface area contributed by atoms with Crippen LogP contribution in [0.1, 0.15) is 38.7 Å². The highest BCUT2D eigenvalue weighted by Crippen LogP contribution is 2.29. The van der Waals surface area contributed by atoms with Gasteiger partial charge in [0.15, 0.2) is 0 Å². The highest BCUT2D eigenvalue weighted by atomic mass is 32.2. The normalized spacial score (nSPS) is 20.5. The van der Waals surface area contributed by atoms with Gasteiger partial charge < -0.3 is 0 Å². The number of aryl methyl sites for hydroxylation is 1. The molecule has 5 nitrogen and oxygen atoms in total. The molecule has 0 atom stereocenters. The lowest BCUT2D eigenvalue weighted by molar-refractivity contribution is -0.124. The van der Waals surface area contributed by atoms with Crippen molar-refractivity contribution < 1.29 is 13.2 Å². The van der Waals surface area contributed by atoms with E-state index in [4.69, 9.17) is 0 Å². The van der Waals surface area contributed by atoms with Crippen LogP contribution in [0.4, 0.5) is 0 Å². The van der Waals surface area contributed by atoms with Crippen molar-refractivity contribution in [3.63, 3.8) is 0 Å². The van der Waals surface area contributed by atoms with E-state index >= 15 is 0 Å². The van der Waals surface area contributed by atoms with Gasteiger partial charge in [0.1, 0.15) is 5.78 Å². The number of sulfonamides is 1. The summed E-state index contributed by atoms with van der Waals surface area (Å²) in [6.07, 6.45) is 1.87. The Morgan fingerprint density at radius 2 is 1.76 bits per heavy atom. The van der Waals surface area contributed by atoms with Crippen LogP contribution in [0.5, 0.6) is 0 Å². The smallest absolute Gasteiger partial charge is 0.276 e. The molecule has 0 aromatic heterocycles. The standard InChI is InChI=1S/C15H20N2O3S/c1-11-7-9-12(10-8-11)21(19,20)17-16-13-5-4-6-14(18)15(13,2)3/h7-10,17H,4-6H2,1-3H3/b16-13-. The van der Waals surface area contributed by atoms with Crippen molar-refractivity contribution in [2.45, 2.75) is 44.9 Å². The molecule has 114 valence electrons. The monoisotopic (exact) mass is 308 g/mol. The number of hydrazone groups is 1. The largest absolute Gasteiger partial charge is 0.299 e. The van der Waals surface area contributed by atoms with E-state index in [1.807, 2.05) is 6.92 Å². The Kier molecular flexibility index (Phi) is 4.18. The maximum atomic E-state index is 12.2. The summed E-state index contributed by atoms with van der Waals surface area (Å²) in [5.74, 6) is 0.0991. The molecule has 0 unspecified atom stereocenters. The summed E-state index contributed by atoms with van der Waals surface area (Å²) in [6, 6.07) is 6.54. The Morgan fingerprint density at radius 1 is 1.14 bits per heavy atom.